The van der Waals surface area contributed by atoms with Gasteiger partial charge in [0, 0.05) is 18.3 Å². The summed E-state index contributed by atoms with van der Waals surface area (Å²) in [6.45, 7) is 9.55. The van der Waals surface area contributed by atoms with E-state index in [1.807, 2.05) is 20.8 Å². The average Bonchev–Trinajstić information content (AvgIpc) is 2.90. The van der Waals surface area contributed by atoms with E-state index in [0.29, 0.717) is 0 Å². The Bertz CT molecular complexity index is 762. The third-order valence-electron chi connectivity index (χ3n) is 5.07. The predicted octanol–water partition coefficient (Wildman–Crippen LogP) is 0.489. The van der Waals surface area contributed by atoms with Gasteiger partial charge in [0.05, 0.1) is 18.5 Å². The molecule has 1 aliphatic heterocycles. The number of carbonyl (C=O) groups is 6. The summed E-state index contributed by atoms with van der Waals surface area (Å²) < 4.78 is 0. The fourth-order valence-corrected chi connectivity index (χ4v) is 3.21. The van der Waals surface area contributed by atoms with E-state index >= 15 is 0 Å². The van der Waals surface area contributed by atoms with Gasteiger partial charge in [0.25, 0.3) is 0 Å². The number of ketones is 1. The molecule has 1 unspecified atom stereocenters. The maximum absolute atomic E-state index is 12.5. The van der Waals surface area contributed by atoms with Gasteiger partial charge in [-0.1, -0.05) is 41.5 Å². The molecule has 4 amide bonds. The predicted molar refractivity (Wildman–Crippen MR) is 111 cm³/mol. The normalized spacial score (nSPS) is 18.0. The second kappa shape index (κ2) is 10.0. The summed E-state index contributed by atoms with van der Waals surface area (Å²) in [5.74, 6) is -4.13. The van der Waals surface area contributed by atoms with Gasteiger partial charge in [-0.15, -0.1) is 0 Å². The Labute approximate surface area is 182 Å². The van der Waals surface area contributed by atoms with Crippen LogP contribution in [0, 0.1) is 16.7 Å². The number of carboxylic acid groups (broad SMARTS) is 1. The first-order chi connectivity index (χ1) is 14.0. The number of rotatable bonds is 9. The highest BCUT2D eigenvalue weighted by atomic mass is 16.4. The zero-order valence-electron chi connectivity index (χ0n) is 19.0. The van der Waals surface area contributed by atoms with Crippen molar-refractivity contribution < 1.29 is 33.9 Å². The minimum Gasteiger partial charge on any atom is -0.481 e. The average molecular weight is 440 g/mol. The maximum Gasteiger partial charge on any atom is 0.303 e. The van der Waals surface area contributed by atoms with Crippen LogP contribution in [0.1, 0.15) is 60.8 Å². The van der Waals surface area contributed by atoms with Crippen molar-refractivity contribution in [2.45, 2.75) is 66.8 Å². The number of hydrogen-bond acceptors (Lipinski definition) is 6. The molecule has 1 saturated heterocycles. The van der Waals surface area contributed by atoms with Gasteiger partial charge >= 0.3 is 5.97 Å². The van der Waals surface area contributed by atoms with E-state index in [0.717, 1.165) is 4.90 Å². The smallest absolute Gasteiger partial charge is 0.303 e. The molecule has 1 aliphatic rings. The van der Waals surface area contributed by atoms with Gasteiger partial charge in [0.1, 0.15) is 6.54 Å². The summed E-state index contributed by atoms with van der Waals surface area (Å²) in [6, 6.07) is -1.00. The third-order valence-corrected chi connectivity index (χ3v) is 5.07. The lowest BCUT2D eigenvalue weighted by Gasteiger charge is -2.25. The van der Waals surface area contributed by atoms with Crippen LogP contribution in [0.4, 0.5) is 0 Å². The van der Waals surface area contributed by atoms with Gasteiger partial charge in [-0.2, -0.15) is 0 Å². The van der Waals surface area contributed by atoms with Gasteiger partial charge in [0.15, 0.2) is 5.78 Å². The number of carboxylic acids is 1. The zero-order valence-corrected chi connectivity index (χ0v) is 19.0. The van der Waals surface area contributed by atoms with Crippen molar-refractivity contribution in [1.29, 1.82) is 0 Å². The number of nitrogens with one attached hydrogen (secondary N) is 2. The van der Waals surface area contributed by atoms with Crippen LogP contribution in [0.15, 0.2) is 0 Å². The van der Waals surface area contributed by atoms with Crippen molar-refractivity contribution >= 4 is 35.4 Å². The number of imide groups is 1. The molecule has 31 heavy (non-hydrogen) atoms. The standard InChI is InChI=1S/C21H33N3O7/c1-20(2,3)12-9-16(27)24(19(12)31)11-15(26)22-10-14(25)23-13(7-8-17(28)29)18(30)21(4,5)6/h12-13H,7-11H2,1-6H3,(H,22,26)(H,23,25)(H,28,29)/t12?,13-/m0/s1. The van der Waals surface area contributed by atoms with Crippen LogP contribution < -0.4 is 10.6 Å². The van der Waals surface area contributed by atoms with Gasteiger partial charge in [0.2, 0.25) is 23.6 Å². The van der Waals surface area contributed by atoms with Crippen LogP contribution in [0.2, 0.25) is 0 Å². The molecule has 0 aliphatic carbocycles. The van der Waals surface area contributed by atoms with Crippen molar-refractivity contribution in [3.05, 3.63) is 0 Å². The van der Waals surface area contributed by atoms with Gasteiger partial charge in [-0.05, 0) is 11.8 Å². The number of amides is 4. The van der Waals surface area contributed by atoms with Crippen molar-refractivity contribution in [3.63, 3.8) is 0 Å². The summed E-state index contributed by atoms with van der Waals surface area (Å²) in [7, 11) is 0. The Morgan fingerprint density at radius 1 is 1.06 bits per heavy atom. The van der Waals surface area contributed by atoms with Gasteiger partial charge in [-0.25, -0.2) is 0 Å². The molecule has 10 heteroatoms. The molecule has 10 nitrogen and oxygen atoms in total. The third kappa shape index (κ3) is 7.76. The molecule has 0 radical (unpaired) electrons. The molecular formula is C21H33N3O7. The Hall–Kier alpha value is -2.78. The Morgan fingerprint density at radius 2 is 1.65 bits per heavy atom. The summed E-state index contributed by atoms with van der Waals surface area (Å²) in [6.07, 6.45) is -0.334. The molecule has 2 atom stereocenters. The van der Waals surface area contributed by atoms with Crippen molar-refractivity contribution in [2.24, 2.45) is 16.7 Å². The molecule has 0 aromatic carbocycles. The first kappa shape index (κ1) is 26.3. The van der Waals surface area contributed by atoms with Gasteiger partial charge < -0.3 is 15.7 Å². The van der Waals surface area contributed by atoms with Crippen LogP contribution in [0.3, 0.4) is 0 Å². The SMILES string of the molecule is CC(C)(C)C(=O)[C@H](CCC(=O)O)NC(=O)CNC(=O)CN1C(=O)CC(C(C)(C)C)C1=O. The molecule has 1 rings (SSSR count). The zero-order chi connectivity index (χ0) is 24.1. The molecule has 0 spiro atoms. The van der Waals surface area contributed by atoms with Crippen molar-refractivity contribution in [3.8, 4) is 0 Å². The minimum absolute atomic E-state index is 0.0380. The van der Waals surface area contributed by atoms with Crippen LogP contribution in [-0.4, -0.2) is 64.5 Å². The first-order valence-corrected chi connectivity index (χ1v) is 10.2. The fourth-order valence-electron chi connectivity index (χ4n) is 3.21. The molecule has 1 fully saturated rings. The molecule has 1 heterocycles. The highest BCUT2D eigenvalue weighted by Crippen LogP contribution is 2.35. The maximum atomic E-state index is 12.5. The lowest BCUT2D eigenvalue weighted by molar-refractivity contribution is -0.144. The van der Waals surface area contributed by atoms with Crippen LogP contribution in [-0.2, 0) is 28.8 Å². The van der Waals surface area contributed by atoms with E-state index in [4.69, 9.17) is 5.11 Å². The number of nitrogens with zero attached hydrogens (tertiary/aromatic N) is 1. The topological polar surface area (TPSA) is 150 Å². The largest absolute Gasteiger partial charge is 0.481 e. The highest BCUT2D eigenvalue weighted by Gasteiger charge is 2.45. The highest BCUT2D eigenvalue weighted by molar-refractivity contribution is 6.06. The van der Waals surface area contributed by atoms with E-state index < -0.39 is 65.5 Å². The van der Waals surface area contributed by atoms with Crippen molar-refractivity contribution in [1.82, 2.24) is 15.5 Å². The van der Waals surface area contributed by atoms with Crippen LogP contribution in [0.5, 0.6) is 0 Å². The number of hydrogen-bond donors (Lipinski definition) is 3. The van der Waals surface area contributed by atoms with E-state index in [2.05, 4.69) is 10.6 Å². The van der Waals surface area contributed by atoms with Crippen LogP contribution >= 0.6 is 0 Å². The molecule has 0 bridgehead atoms. The number of likely N-dealkylation sites (tertiary alicyclic amines) is 1. The molecule has 0 aromatic heterocycles. The van der Waals surface area contributed by atoms with E-state index in [1.165, 1.54) is 0 Å². The van der Waals surface area contributed by atoms with E-state index in [-0.39, 0.29) is 25.0 Å². The van der Waals surface area contributed by atoms with Crippen molar-refractivity contribution in [2.75, 3.05) is 13.1 Å². The Balaban J connectivity index is 2.64. The number of carbonyl (C=O) groups excluding carboxylic acids is 5. The molecule has 0 saturated carbocycles. The van der Waals surface area contributed by atoms with E-state index in [1.54, 1.807) is 20.8 Å². The molecule has 174 valence electrons. The van der Waals surface area contributed by atoms with Gasteiger partial charge in [-0.3, -0.25) is 33.7 Å². The lowest BCUT2D eigenvalue weighted by Crippen LogP contribution is -2.50. The molecule has 0 aromatic rings. The summed E-state index contributed by atoms with van der Waals surface area (Å²) in [5.41, 5.74) is -1.21. The summed E-state index contributed by atoms with van der Waals surface area (Å²) in [4.78, 5) is 73.1. The first-order valence-electron chi connectivity index (χ1n) is 10.2. The second-order valence-corrected chi connectivity index (χ2v) is 9.88. The quantitative estimate of drug-likeness (QED) is 0.442. The summed E-state index contributed by atoms with van der Waals surface area (Å²) >= 11 is 0. The molecule has 3 N–H and O–H groups in total. The number of Topliss-reactive ketones (excluding diaryl/α,β-unsaturated/α-hetero) is 1. The Morgan fingerprint density at radius 3 is 2.10 bits per heavy atom. The van der Waals surface area contributed by atoms with E-state index in [9.17, 15) is 28.8 Å². The minimum atomic E-state index is -1.09. The molecular weight excluding hydrogens is 406 g/mol. The Kier molecular flexibility index (Phi) is 8.48. The monoisotopic (exact) mass is 439 g/mol. The fraction of sp³-hybridized carbons (Fsp3) is 0.714. The second-order valence-electron chi connectivity index (χ2n) is 9.88. The lowest BCUT2D eigenvalue weighted by atomic mass is 9.80. The number of aliphatic carboxylic acids is 1. The summed E-state index contributed by atoms with van der Waals surface area (Å²) in [5, 5.41) is 13.6. The van der Waals surface area contributed by atoms with Crippen LogP contribution in [0.25, 0.3) is 0 Å².